The van der Waals surface area contributed by atoms with Gasteiger partial charge in [0.15, 0.2) is 5.65 Å². The summed E-state index contributed by atoms with van der Waals surface area (Å²) in [5.74, 6) is 1.41. The maximum atomic E-state index is 13.1. The molecule has 0 saturated heterocycles. The van der Waals surface area contributed by atoms with Crippen molar-refractivity contribution in [1.29, 1.82) is 0 Å². The average molecular weight is 379 g/mol. The van der Waals surface area contributed by atoms with Crippen LogP contribution >= 0.6 is 0 Å². The number of rotatable bonds is 4. The van der Waals surface area contributed by atoms with Gasteiger partial charge in [-0.05, 0) is 43.7 Å². The Labute approximate surface area is 162 Å². The first-order chi connectivity index (χ1) is 13.6. The lowest BCUT2D eigenvalue weighted by molar-refractivity contribution is -0.123. The first-order valence-electron chi connectivity index (χ1n) is 10.3. The fraction of sp³-hybridized carbons (Fsp3) is 0.524. The van der Waals surface area contributed by atoms with Crippen LogP contribution in [-0.2, 0) is 11.3 Å². The second-order valence-corrected chi connectivity index (χ2v) is 8.30. The SMILES string of the molecule is C[C@H]1CCCC[C@@H]1NC(=O)Cn1nc2c3ccccc3nc(C3CC3)n2c1=O. The van der Waals surface area contributed by atoms with Gasteiger partial charge in [-0.1, -0.05) is 31.9 Å². The fourth-order valence-electron chi connectivity index (χ4n) is 4.36. The third-order valence-corrected chi connectivity index (χ3v) is 6.14. The monoisotopic (exact) mass is 379 g/mol. The summed E-state index contributed by atoms with van der Waals surface area (Å²) in [4.78, 5) is 30.4. The molecule has 2 saturated carbocycles. The maximum Gasteiger partial charge on any atom is 0.352 e. The lowest BCUT2D eigenvalue weighted by atomic mass is 9.86. The van der Waals surface area contributed by atoms with Crippen LogP contribution in [0.2, 0.25) is 0 Å². The quantitative estimate of drug-likeness (QED) is 0.756. The van der Waals surface area contributed by atoms with Crippen LogP contribution in [0, 0.1) is 5.92 Å². The van der Waals surface area contributed by atoms with Crippen LogP contribution in [0.5, 0.6) is 0 Å². The standard InChI is InChI=1S/C21H25N5O2/c1-13-6-2-4-8-16(13)22-18(27)12-25-21(28)26-19(14-10-11-14)23-17-9-5-3-7-15(17)20(26)24-25/h3,5,7,9,13-14,16H,2,4,6,8,10-12H2,1H3,(H,22,27)/t13-,16-/m0/s1. The molecule has 5 rings (SSSR count). The first kappa shape index (κ1) is 17.4. The number of hydrogen-bond donors (Lipinski definition) is 1. The van der Waals surface area contributed by atoms with Crippen molar-refractivity contribution in [3.05, 3.63) is 40.6 Å². The minimum absolute atomic E-state index is 0.0534. The number of aromatic nitrogens is 4. The highest BCUT2D eigenvalue weighted by atomic mass is 16.2. The second-order valence-electron chi connectivity index (χ2n) is 8.30. The Morgan fingerprint density at radius 1 is 1.18 bits per heavy atom. The van der Waals surface area contributed by atoms with Crippen LogP contribution in [0.15, 0.2) is 29.1 Å². The van der Waals surface area contributed by atoms with Crippen molar-refractivity contribution in [2.75, 3.05) is 0 Å². The highest BCUT2D eigenvalue weighted by Gasteiger charge is 2.30. The molecule has 0 spiro atoms. The molecule has 2 aliphatic rings. The molecule has 2 aromatic heterocycles. The van der Waals surface area contributed by atoms with Gasteiger partial charge in [0.25, 0.3) is 0 Å². The molecular weight excluding hydrogens is 354 g/mol. The number of nitrogens with zero attached hydrogens (tertiary/aromatic N) is 4. The van der Waals surface area contributed by atoms with E-state index in [0.717, 1.165) is 48.8 Å². The zero-order valence-electron chi connectivity index (χ0n) is 16.1. The first-order valence-corrected chi connectivity index (χ1v) is 10.3. The predicted octanol–water partition coefficient (Wildman–Crippen LogP) is 2.62. The molecule has 2 aliphatic carbocycles. The van der Waals surface area contributed by atoms with Crippen LogP contribution in [0.4, 0.5) is 0 Å². The van der Waals surface area contributed by atoms with Gasteiger partial charge in [0.2, 0.25) is 5.91 Å². The van der Waals surface area contributed by atoms with Crippen molar-refractivity contribution in [3.63, 3.8) is 0 Å². The minimum Gasteiger partial charge on any atom is -0.351 e. The summed E-state index contributed by atoms with van der Waals surface area (Å²) in [6.45, 7) is 2.13. The zero-order valence-corrected chi connectivity index (χ0v) is 16.1. The topological polar surface area (TPSA) is 81.3 Å². The molecule has 3 aromatic rings. The molecule has 2 atom stereocenters. The summed E-state index contributed by atoms with van der Waals surface area (Å²) in [5.41, 5.74) is 1.16. The summed E-state index contributed by atoms with van der Waals surface area (Å²) < 4.78 is 2.90. The number of fused-ring (bicyclic) bond motifs is 3. The molecular formula is C21H25N5O2. The molecule has 0 radical (unpaired) electrons. The predicted molar refractivity (Wildman–Crippen MR) is 106 cm³/mol. The van der Waals surface area contributed by atoms with E-state index in [4.69, 9.17) is 4.98 Å². The van der Waals surface area contributed by atoms with Gasteiger partial charge in [-0.3, -0.25) is 4.79 Å². The van der Waals surface area contributed by atoms with Gasteiger partial charge in [0.05, 0.1) is 5.52 Å². The lowest BCUT2D eigenvalue weighted by Crippen LogP contribution is -2.43. The van der Waals surface area contributed by atoms with Crippen molar-refractivity contribution in [3.8, 4) is 0 Å². The van der Waals surface area contributed by atoms with E-state index in [1.807, 2.05) is 24.3 Å². The van der Waals surface area contributed by atoms with Gasteiger partial charge in [-0.2, -0.15) is 0 Å². The molecule has 1 N–H and O–H groups in total. The van der Waals surface area contributed by atoms with Crippen LogP contribution in [0.3, 0.4) is 0 Å². The second kappa shape index (κ2) is 6.72. The zero-order chi connectivity index (χ0) is 19.3. The van der Waals surface area contributed by atoms with Gasteiger partial charge in [-0.25, -0.2) is 18.9 Å². The van der Waals surface area contributed by atoms with E-state index in [1.165, 1.54) is 11.1 Å². The molecule has 2 fully saturated rings. The maximum absolute atomic E-state index is 13.1. The molecule has 1 aromatic carbocycles. The van der Waals surface area contributed by atoms with Crippen molar-refractivity contribution in [1.82, 2.24) is 24.5 Å². The number of hydrogen-bond acceptors (Lipinski definition) is 4. The smallest absolute Gasteiger partial charge is 0.351 e. The summed E-state index contributed by atoms with van der Waals surface area (Å²) in [6, 6.07) is 7.92. The highest BCUT2D eigenvalue weighted by molar-refractivity contribution is 5.91. The number of amides is 1. The number of para-hydroxylation sites is 1. The van der Waals surface area contributed by atoms with Gasteiger partial charge >= 0.3 is 5.69 Å². The number of nitrogens with one attached hydrogen (secondary N) is 1. The molecule has 7 heteroatoms. The van der Waals surface area contributed by atoms with Crippen molar-refractivity contribution in [2.45, 2.75) is 64.0 Å². The van der Waals surface area contributed by atoms with E-state index >= 15 is 0 Å². The summed E-state index contributed by atoms with van der Waals surface area (Å²) in [5, 5.41) is 8.48. The van der Waals surface area contributed by atoms with Gasteiger partial charge in [0, 0.05) is 17.3 Å². The molecule has 2 heterocycles. The number of benzene rings is 1. The fourth-order valence-corrected chi connectivity index (χ4v) is 4.36. The van der Waals surface area contributed by atoms with Gasteiger partial charge in [-0.15, -0.1) is 5.10 Å². The van der Waals surface area contributed by atoms with E-state index < -0.39 is 0 Å². The van der Waals surface area contributed by atoms with E-state index in [9.17, 15) is 9.59 Å². The van der Waals surface area contributed by atoms with Gasteiger partial charge < -0.3 is 5.32 Å². The van der Waals surface area contributed by atoms with Crippen LogP contribution in [-0.4, -0.2) is 31.1 Å². The average Bonchev–Trinajstić information content (AvgIpc) is 3.49. The summed E-state index contributed by atoms with van der Waals surface area (Å²) in [7, 11) is 0. The third-order valence-electron chi connectivity index (χ3n) is 6.14. The van der Waals surface area contributed by atoms with E-state index in [0.29, 0.717) is 17.5 Å². The summed E-state index contributed by atoms with van der Waals surface area (Å²) in [6.07, 6.45) is 6.60. The Morgan fingerprint density at radius 2 is 1.96 bits per heavy atom. The van der Waals surface area contributed by atoms with Crippen molar-refractivity contribution < 1.29 is 4.79 Å². The Kier molecular flexibility index (Phi) is 4.18. The molecule has 28 heavy (non-hydrogen) atoms. The summed E-state index contributed by atoms with van der Waals surface area (Å²) >= 11 is 0. The van der Waals surface area contributed by atoms with Crippen LogP contribution in [0.1, 0.15) is 57.2 Å². The van der Waals surface area contributed by atoms with E-state index in [-0.39, 0.29) is 24.2 Å². The van der Waals surface area contributed by atoms with E-state index in [1.54, 1.807) is 4.40 Å². The Balaban J connectivity index is 1.51. The molecule has 0 unspecified atom stereocenters. The number of carbonyl (C=O) groups is 1. The number of carbonyl (C=O) groups excluding carboxylic acids is 1. The van der Waals surface area contributed by atoms with Gasteiger partial charge in [0.1, 0.15) is 12.4 Å². The largest absolute Gasteiger partial charge is 0.352 e. The molecule has 146 valence electrons. The molecule has 0 bridgehead atoms. The lowest BCUT2D eigenvalue weighted by Gasteiger charge is -2.29. The Bertz CT molecular complexity index is 1110. The van der Waals surface area contributed by atoms with E-state index in [2.05, 4.69) is 17.3 Å². The van der Waals surface area contributed by atoms with Crippen LogP contribution < -0.4 is 11.0 Å². The molecule has 1 amide bonds. The molecule has 7 nitrogen and oxygen atoms in total. The van der Waals surface area contributed by atoms with Crippen molar-refractivity contribution >= 4 is 22.5 Å². The highest BCUT2D eigenvalue weighted by Crippen LogP contribution is 2.39. The third kappa shape index (κ3) is 2.99. The van der Waals surface area contributed by atoms with Crippen LogP contribution in [0.25, 0.3) is 16.6 Å². The Hall–Kier alpha value is -2.70. The molecule has 0 aliphatic heterocycles. The van der Waals surface area contributed by atoms with Crippen molar-refractivity contribution in [2.24, 2.45) is 5.92 Å². The minimum atomic E-state index is -0.276. The normalized spacial score (nSPS) is 22.6. The Morgan fingerprint density at radius 3 is 2.75 bits per heavy atom.